The third-order valence-electron chi connectivity index (χ3n) is 1.65. The summed E-state index contributed by atoms with van der Waals surface area (Å²) in [7, 11) is 0. The molecular weight excluding hydrogens is 160 g/mol. The monoisotopic (exact) mass is 174 g/mol. The third-order valence-corrected chi connectivity index (χ3v) is 1.65. The van der Waals surface area contributed by atoms with Crippen molar-refractivity contribution in [2.75, 3.05) is 0 Å². The van der Waals surface area contributed by atoms with Crippen molar-refractivity contribution in [3.63, 3.8) is 0 Å². The summed E-state index contributed by atoms with van der Waals surface area (Å²) in [5, 5.41) is 8.12. The van der Waals surface area contributed by atoms with E-state index in [2.05, 4.69) is 0 Å². The molecule has 4 N–H and O–H groups in total. The summed E-state index contributed by atoms with van der Waals surface area (Å²) in [5.41, 5.74) is 6.51. The van der Waals surface area contributed by atoms with E-state index < -0.39 is 5.91 Å². The molecule has 0 spiro atoms. The molecular formula is C7H14N2O3. The quantitative estimate of drug-likeness (QED) is 0.397. The van der Waals surface area contributed by atoms with Crippen LogP contribution in [0.15, 0.2) is 0 Å². The fourth-order valence-corrected chi connectivity index (χ4v) is 0.767. The fraction of sp³-hybridized carbons (Fsp3) is 0.714. The Morgan fingerprint density at radius 1 is 1.58 bits per heavy atom. The van der Waals surface area contributed by atoms with Crippen LogP contribution < -0.4 is 11.2 Å². The smallest absolute Gasteiger partial charge is 0.243 e. The number of hydrogen-bond donors (Lipinski definition) is 3. The highest BCUT2D eigenvalue weighted by Crippen LogP contribution is 2.06. The Labute approximate surface area is 70.9 Å². The summed E-state index contributed by atoms with van der Waals surface area (Å²) in [6.45, 7) is 1.71. The van der Waals surface area contributed by atoms with Gasteiger partial charge in [-0.05, 0) is 12.8 Å². The van der Waals surface area contributed by atoms with E-state index in [1.165, 1.54) is 5.48 Å². The molecule has 12 heavy (non-hydrogen) atoms. The molecule has 0 saturated heterocycles. The van der Waals surface area contributed by atoms with Crippen LogP contribution in [0, 0.1) is 5.92 Å². The number of hydroxylamine groups is 1. The van der Waals surface area contributed by atoms with Crippen LogP contribution in [0.1, 0.15) is 26.2 Å². The van der Waals surface area contributed by atoms with E-state index in [9.17, 15) is 9.59 Å². The molecule has 0 heterocycles. The number of carbonyl (C=O) groups excluding carboxylic acids is 2. The van der Waals surface area contributed by atoms with Crippen LogP contribution in [0.3, 0.4) is 0 Å². The van der Waals surface area contributed by atoms with E-state index in [4.69, 9.17) is 10.9 Å². The summed E-state index contributed by atoms with van der Waals surface area (Å²) in [6.07, 6.45) is 1.34. The highest BCUT2D eigenvalue weighted by Gasteiger charge is 2.08. The molecule has 5 nitrogen and oxygen atoms in total. The number of nitrogens with two attached hydrogens (primary N) is 1. The Hall–Kier alpha value is -1.10. The van der Waals surface area contributed by atoms with E-state index in [0.717, 1.165) is 0 Å². The number of primary amides is 1. The maximum Gasteiger partial charge on any atom is 0.243 e. The lowest BCUT2D eigenvalue weighted by atomic mass is 10.0. The third kappa shape index (κ3) is 4.68. The molecule has 0 aromatic rings. The van der Waals surface area contributed by atoms with Crippen molar-refractivity contribution in [1.82, 2.24) is 5.48 Å². The minimum Gasteiger partial charge on any atom is -0.369 e. The second kappa shape index (κ2) is 5.54. The maximum atomic E-state index is 10.5. The summed E-state index contributed by atoms with van der Waals surface area (Å²) in [6, 6.07) is 0. The second-order valence-corrected chi connectivity index (χ2v) is 2.73. The molecule has 70 valence electrons. The van der Waals surface area contributed by atoms with Crippen LogP contribution in [0.5, 0.6) is 0 Å². The first kappa shape index (κ1) is 10.9. The first-order valence-electron chi connectivity index (χ1n) is 3.80. The van der Waals surface area contributed by atoms with Crippen LogP contribution in [0.4, 0.5) is 0 Å². The molecule has 0 bridgehead atoms. The molecule has 0 aliphatic heterocycles. The summed E-state index contributed by atoms with van der Waals surface area (Å²) < 4.78 is 0. The van der Waals surface area contributed by atoms with Gasteiger partial charge in [-0.15, -0.1) is 0 Å². The van der Waals surface area contributed by atoms with Crippen molar-refractivity contribution in [1.29, 1.82) is 0 Å². The molecule has 1 atom stereocenters. The van der Waals surface area contributed by atoms with E-state index in [1.807, 2.05) is 0 Å². The van der Waals surface area contributed by atoms with Crippen LogP contribution in [-0.2, 0) is 9.59 Å². The van der Waals surface area contributed by atoms with Gasteiger partial charge < -0.3 is 5.73 Å². The van der Waals surface area contributed by atoms with Crippen molar-refractivity contribution in [2.45, 2.75) is 26.2 Å². The number of nitrogens with one attached hydrogen (secondary N) is 1. The predicted octanol–water partition coefficient (Wildman–Crippen LogP) is -0.216. The predicted molar refractivity (Wildman–Crippen MR) is 42.1 cm³/mol. The molecule has 5 heteroatoms. The Morgan fingerprint density at radius 3 is 2.58 bits per heavy atom. The van der Waals surface area contributed by atoms with Crippen molar-refractivity contribution in [3.8, 4) is 0 Å². The van der Waals surface area contributed by atoms with E-state index in [0.29, 0.717) is 12.8 Å². The van der Waals surface area contributed by atoms with E-state index in [1.54, 1.807) is 6.92 Å². The number of carbonyl (C=O) groups is 2. The van der Waals surface area contributed by atoms with Crippen LogP contribution in [0.25, 0.3) is 0 Å². The van der Waals surface area contributed by atoms with Gasteiger partial charge in [0.1, 0.15) is 0 Å². The van der Waals surface area contributed by atoms with Gasteiger partial charge in [0, 0.05) is 12.3 Å². The van der Waals surface area contributed by atoms with Crippen LogP contribution in [0.2, 0.25) is 0 Å². The second-order valence-electron chi connectivity index (χ2n) is 2.73. The molecule has 0 aromatic heterocycles. The van der Waals surface area contributed by atoms with E-state index in [-0.39, 0.29) is 18.2 Å². The molecule has 0 radical (unpaired) electrons. The largest absolute Gasteiger partial charge is 0.369 e. The Bertz CT molecular complexity index is 170. The number of amides is 2. The van der Waals surface area contributed by atoms with Crippen molar-refractivity contribution in [3.05, 3.63) is 0 Å². The van der Waals surface area contributed by atoms with Crippen LogP contribution in [-0.4, -0.2) is 17.0 Å². The summed E-state index contributed by atoms with van der Waals surface area (Å²) in [4.78, 5) is 21.0. The Kier molecular flexibility index (Phi) is 5.03. The summed E-state index contributed by atoms with van der Waals surface area (Å²) >= 11 is 0. The topological polar surface area (TPSA) is 92.4 Å². The van der Waals surface area contributed by atoms with Gasteiger partial charge in [-0.2, -0.15) is 0 Å². The van der Waals surface area contributed by atoms with Crippen molar-refractivity contribution >= 4 is 11.8 Å². The Morgan fingerprint density at radius 2 is 2.17 bits per heavy atom. The van der Waals surface area contributed by atoms with Crippen molar-refractivity contribution in [2.24, 2.45) is 11.7 Å². The lowest BCUT2D eigenvalue weighted by molar-refractivity contribution is -0.129. The highest BCUT2D eigenvalue weighted by atomic mass is 16.5. The van der Waals surface area contributed by atoms with Gasteiger partial charge in [0.05, 0.1) is 0 Å². The first-order valence-corrected chi connectivity index (χ1v) is 3.80. The lowest BCUT2D eigenvalue weighted by Gasteiger charge is -2.04. The molecule has 2 amide bonds. The van der Waals surface area contributed by atoms with Gasteiger partial charge in [0.2, 0.25) is 11.8 Å². The first-order chi connectivity index (χ1) is 5.57. The van der Waals surface area contributed by atoms with Gasteiger partial charge in [-0.1, -0.05) is 6.92 Å². The zero-order valence-corrected chi connectivity index (χ0v) is 7.04. The van der Waals surface area contributed by atoms with Crippen LogP contribution >= 0.6 is 0 Å². The zero-order valence-electron chi connectivity index (χ0n) is 7.04. The summed E-state index contributed by atoms with van der Waals surface area (Å²) in [5.74, 6) is -1.01. The van der Waals surface area contributed by atoms with Gasteiger partial charge in [0.25, 0.3) is 0 Å². The lowest BCUT2D eigenvalue weighted by Crippen LogP contribution is -2.22. The van der Waals surface area contributed by atoms with E-state index >= 15 is 0 Å². The minimum atomic E-state index is -0.438. The van der Waals surface area contributed by atoms with Gasteiger partial charge in [-0.25, -0.2) is 5.48 Å². The molecule has 0 saturated carbocycles. The SMILES string of the molecule is CC(CCCC(=O)NO)C(N)=O. The Balaban J connectivity index is 3.43. The average Bonchev–Trinajstić information content (AvgIpc) is 2.03. The normalized spacial score (nSPS) is 12.2. The number of rotatable bonds is 5. The fourth-order valence-electron chi connectivity index (χ4n) is 0.767. The molecule has 0 aliphatic rings. The standard InChI is InChI=1S/C7H14N2O3/c1-5(7(8)11)3-2-4-6(10)9-12/h5,12H,2-4H2,1H3,(H2,8,11)(H,9,10). The molecule has 0 rings (SSSR count). The molecule has 1 unspecified atom stereocenters. The van der Waals surface area contributed by atoms with Crippen molar-refractivity contribution < 1.29 is 14.8 Å². The highest BCUT2D eigenvalue weighted by molar-refractivity contribution is 5.76. The molecule has 0 aromatic carbocycles. The molecule has 0 aliphatic carbocycles. The molecule has 0 fully saturated rings. The average molecular weight is 174 g/mol. The number of hydrogen-bond acceptors (Lipinski definition) is 3. The zero-order chi connectivity index (χ0) is 9.56. The van der Waals surface area contributed by atoms with Gasteiger partial charge in [-0.3, -0.25) is 14.8 Å². The minimum absolute atomic E-state index is 0.212. The van der Waals surface area contributed by atoms with Gasteiger partial charge >= 0.3 is 0 Å². The maximum absolute atomic E-state index is 10.5. The van der Waals surface area contributed by atoms with Gasteiger partial charge in [0.15, 0.2) is 0 Å².